The maximum absolute atomic E-state index is 13.5. The van der Waals surface area contributed by atoms with E-state index < -0.39 is 17.1 Å². The Hall–Kier alpha value is -4.81. The first-order valence-corrected chi connectivity index (χ1v) is 17.2. The standard InChI is InChI=1S/C36H30Cl2N4O5S2/c1-21(33(43)42-36-41-30(20-48-36)24-13-15-31(46-2)32(17-24)47-3)49-27-11-7-10-26(19-27)39-35(45)29(16-23-12-14-25(37)18-28(23)38)40-34(44)22-8-5-4-6-9-22/h4-21H,1-3H3,(H,39,45)(H,40,44)(H,41,42,43)/b29-16+. The van der Waals surface area contributed by atoms with Gasteiger partial charge >= 0.3 is 0 Å². The van der Waals surface area contributed by atoms with Gasteiger partial charge in [-0.15, -0.1) is 23.1 Å². The normalized spacial score (nSPS) is 11.7. The van der Waals surface area contributed by atoms with Gasteiger partial charge in [-0.2, -0.15) is 0 Å². The Morgan fingerprint density at radius 2 is 1.65 bits per heavy atom. The van der Waals surface area contributed by atoms with Crippen molar-refractivity contribution in [2.45, 2.75) is 17.1 Å². The van der Waals surface area contributed by atoms with Gasteiger partial charge in [0.15, 0.2) is 16.6 Å². The van der Waals surface area contributed by atoms with Crippen LogP contribution in [0.15, 0.2) is 107 Å². The second-order valence-corrected chi connectivity index (χ2v) is 13.5. The third-order valence-electron chi connectivity index (χ3n) is 6.98. The number of anilines is 2. The van der Waals surface area contributed by atoms with Crippen LogP contribution in [0.5, 0.6) is 11.5 Å². The van der Waals surface area contributed by atoms with Crippen molar-refractivity contribution in [3.8, 4) is 22.8 Å². The summed E-state index contributed by atoms with van der Waals surface area (Å²) in [6, 6.07) is 25.9. The number of thiazole rings is 1. The summed E-state index contributed by atoms with van der Waals surface area (Å²) in [4.78, 5) is 44.9. The van der Waals surface area contributed by atoms with Crippen molar-refractivity contribution in [2.75, 3.05) is 24.9 Å². The van der Waals surface area contributed by atoms with Gasteiger partial charge in [-0.25, -0.2) is 4.98 Å². The van der Waals surface area contributed by atoms with Gasteiger partial charge in [0, 0.05) is 37.1 Å². The lowest BCUT2D eigenvalue weighted by Gasteiger charge is -2.14. The lowest BCUT2D eigenvalue weighted by molar-refractivity contribution is -0.115. The van der Waals surface area contributed by atoms with E-state index >= 15 is 0 Å². The highest BCUT2D eigenvalue weighted by molar-refractivity contribution is 8.00. The van der Waals surface area contributed by atoms with Gasteiger partial charge in [0.05, 0.1) is 25.2 Å². The molecule has 250 valence electrons. The van der Waals surface area contributed by atoms with E-state index in [1.807, 2.05) is 23.6 Å². The third-order valence-corrected chi connectivity index (χ3v) is 9.39. The predicted molar refractivity (Wildman–Crippen MR) is 198 cm³/mol. The number of rotatable bonds is 12. The van der Waals surface area contributed by atoms with Crippen LogP contribution in [0.2, 0.25) is 10.0 Å². The molecule has 5 rings (SSSR count). The summed E-state index contributed by atoms with van der Waals surface area (Å²) in [6.07, 6.45) is 1.48. The van der Waals surface area contributed by atoms with Gasteiger partial charge in [-0.3, -0.25) is 14.4 Å². The highest BCUT2D eigenvalue weighted by Gasteiger charge is 2.19. The Kier molecular flexibility index (Phi) is 12.0. The molecule has 1 aromatic heterocycles. The number of carbonyl (C=O) groups excluding carboxylic acids is 3. The Balaban J connectivity index is 1.26. The van der Waals surface area contributed by atoms with Crippen LogP contribution in [-0.4, -0.2) is 42.2 Å². The van der Waals surface area contributed by atoms with Crippen molar-refractivity contribution in [2.24, 2.45) is 0 Å². The summed E-state index contributed by atoms with van der Waals surface area (Å²) in [5, 5.41) is 11.0. The molecule has 5 aromatic rings. The van der Waals surface area contributed by atoms with Gasteiger partial charge in [0.1, 0.15) is 5.70 Å². The highest BCUT2D eigenvalue weighted by Crippen LogP contribution is 2.34. The van der Waals surface area contributed by atoms with Crippen molar-refractivity contribution in [3.05, 3.63) is 123 Å². The molecule has 3 N–H and O–H groups in total. The fourth-order valence-electron chi connectivity index (χ4n) is 4.49. The van der Waals surface area contributed by atoms with Crippen molar-refractivity contribution >= 4 is 80.9 Å². The van der Waals surface area contributed by atoms with E-state index in [2.05, 4.69) is 20.9 Å². The smallest absolute Gasteiger partial charge is 0.272 e. The number of halogens is 2. The molecule has 0 aliphatic carbocycles. The van der Waals surface area contributed by atoms with Gasteiger partial charge in [-0.05, 0) is 79.2 Å². The molecule has 1 atom stereocenters. The first kappa shape index (κ1) is 35.5. The largest absolute Gasteiger partial charge is 0.493 e. The summed E-state index contributed by atoms with van der Waals surface area (Å²) < 4.78 is 10.7. The Bertz CT molecular complexity index is 2020. The van der Waals surface area contributed by atoms with Gasteiger partial charge < -0.3 is 25.4 Å². The van der Waals surface area contributed by atoms with E-state index in [0.717, 1.165) is 10.5 Å². The molecule has 0 bridgehead atoms. The number of nitrogens with zero attached hydrogens (tertiary/aromatic N) is 1. The fourth-order valence-corrected chi connectivity index (χ4v) is 6.60. The van der Waals surface area contributed by atoms with E-state index in [1.54, 1.807) is 93.9 Å². The van der Waals surface area contributed by atoms with Gasteiger partial charge in [-0.1, -0.05) is 53.5 Å². The number of carbonyl (C=O) groups is 3. The van der Waals surface area contributed by atoms with Crippen molar-refractivity contribution in [1.82, 2.24) is 10.3 Å². The maximum atomic E-state index is 13.5. The molecular formula is C36H30Cl2N4O5S2. The van der Waals surface area contributed by atoms with Crippen molar-refractivity contribution in [3.63, 3.8) is 0 Å². The van der Waals surface area contributed by atoms with Crippen LogP contribution in [-0.2, 0) is 9.59 Å². The van der Waals surface area contributed by atoms with E-state index in [0.29, 0.717) is 49.2 Å². The van der Waals surface area contributed by atoms with E-state index in [4.69, 9.17) is 32.7 Å². The van der Waals surface area contributed by atoms with Gasteiger partial charge in [0.25, 0.3) is 11.8 Å². The molecule has 13 heteroatoms. The first-order chi connectivity index (χ1) is 23.6. The molecule has 1 heterocycles. The Morgan fingerprint density at radius 3 is 2.39 bits per heavy atom. The maximum Gasteiger partial charge on any atom is 0.272 e. The van der Waals surface area contributed by atoms with Crippen LogP contribution in [0.25, 0.3) is 17.3 Å². The Labute approximate surface area is 301 Å². The number of ether oxygens (including phenoxy) is 2. The zero-order chi connectivity index (χ0) is 34.9. The highest BCUT2D eigenvalue weighted by atomic mass is 35.5. The minimum Gasteiger partial charge on any atom is -0.493 e. The number of methoxy groups -OCH3 is 2. The molecular weight excluding hydrogens is 703 g/mol. The van der Waals surface area contributed by atoms with Crippen LogP contribution in [0.1, 0.15) is 22.8 Å². The van der Waals surface area contributed by atoms with Crippen LogP contribution >= 0.6 is 46.3 Å². The number of hydrogen-bond acceptors (Lipinski definition) is 8. The van der Waals surface area contributed by atoms with Crippen LogP contribution in [0.3, 0.4) is 0 Å². The fraction of sp³-hybridized carbons (Fsp3) is 0.111. The number of aromatic nitrogens is 1. The summed E-state index contributed by atoms with van der Waals surface area (Å²) >= 11 is 15.0. The second kappa shape index (κ2) is 16.5. The number of hydrogen-bond donors (Lipinski definition) is 3. The lowest BCUT2D eigenvalue weighted by Crippen LogP contribution is -2.30. The average molecular weight is 734 g/mol. The lowest BCUT2D eigenvalue weighted by atomic mass is 10.1. The number of thioether (sulfide) groups is 1. The molecule has 49 heavy (non-hydrogen) atoms. The van der Waals surface area contributed by atoms with E-state index in [1.165, 1.54) is 29.2 Å². The SMILES string of the molecule is COc1ccc(-c2csc(NC(=O)C(C)Sc3cccc(NC(=O)/C(=C\c4ccc(Cl)cc4Cl)NC(=O)c4ccccc4)c3)n2)cc1OC. The third kappa shape index (κ3) is 9.42. The zero-order valence-electron chi connectivity index (χ0n) is 26.5. The molecule has 3 amide bonds. The van der Waals surface area contributed by atoms with Crippen LogP contribution < -0.4 is 25.4 Å². The second-order valence-electron chi connectivity index (χ2n) is 10.4. The van der Waals surface area contributed by atoms with Gasteiger partial charge in [0.2, 0.25) is 5.91 Å². The van der Waals surface area contributed by atoms with Crippen LogP contribution in [0, 0.1) is 0 Å². The molecule has 0 saturated heterocycles. The molecule has 0 radical (unpaired) electrons. The number of amides is 3. The quantitative estimate of drug-likeness (QED) is 0.0868. The number of benzene rings is 4. The summed E-state index contributed by atoms with van der Waals surface area (Å²) in [5.41, 5.74) is 2.82. The summed E-state index contributed by atoms with van der Waals surface area (Å²) in [5.74, 6) is -0.0813. The summed E-state index contributed by atoms with van der Waals surface area (Å²) in [6.45, 7) is 1.78. The van der Waals surface area contributed by atoms with Crippen molar-refractivity contribution in [1.29, 1.82) is 0 Å². The molecule has 0 spiro atoms. The molecule has 0 aliphatic heterocycles. The minimum absolute atomic E-state index is 0.0280. The Morgan fingerprint density at radius 1 is 0.878 bits per heavy atom. The van der Waals surface area contributed by atoms with Crippen LogP contribution in [0.4, 0.5) is 10.8 Å². The van der Waals surface area contributed by atoms with E-state index in [-0.39, 0.29) is 11.6 Å². The molecule has 0 aliphatic rings. The zero-order valence-corrected chi connectivity index (χ0v) is 29.6. The topological polar surface area (TPSA) is 119 Å². The molecule has 4 aromatic carbocycles. The molecule has 0 saturated carbocycles. The predicted octanol–water partition coefficient (Wildman–Crippen LogP) is 8.66. The molecule has 0 fully saturated rings. The molecule has 1 unspecified atom stereocenters. The summed E-state index contributed by atoms with van der Waals surface area (Å²) in [7, 11) is 3.14. The minimum atomic E-state index is -0.572. The van der Waals surface area contributed by atoms with E-state index in [9.17, 15) is 14.4 Å². The average Bonchev–Trinajstić information content (AvgIpc) is 3.57. The first-order valence-electron chi connectivity index (χ1n) is 14.7. The molecule has 9 nitrogen and oxygen atoms in total. The monoisotopic (exact) mass is 732 g/mol. The number of nitrogens with one attached hydrogen (secondary N) is 3. The van der Waals surface area contributed by atoms with Crippen molar-refractivity contribution < 1.29 is 23.9 Å².